The highest BCUT2D eigenvalue weighted by Crippen LogP contribution is 2.35. The predicted molar refractivity (Wildman–Crippen MR) is 114 cm³/mol. The van der Waals surface area contributed by atoms with Crippen LogP contribution in [0.4, 0.5) is 30.5 Å². The number of nitrogens with one attached hydrogen (secondary N) is 1. The third-order valence-corrected chi connectivity index (χ3v) is 5.12. The summed E-state index contributed by atoms with van der Waals surface area (Å²) >= 11 is 0. The summed E-state index contributed by atoms with van der Waals surface area (Å²) < 4.78 is 31.7. The van der Waals surface area contributed by atoms with Gasteiger partial charge in [0.05, 0.1) is 0 Å². The summed E-state index contributed by atoms with van der Waals surface area (Å²) in [5, 5.41) is 21.0. The molecular formula is C20H23F3N6O3. The molecule has 2 saturated heterocycles. The summed E-state index contributed by atoms with van der Waals surface area (Å²) in [6, 6.07) is 6.05. The van der Waals surface area contributed by atoms with Crippen molar-refractivity contribution in [1.29, 1.82) is 0 Å². The van der Waals surface area contributed by atoms with Crippen molar-refractivity contribution in [3.8, 4) is 0 Å². The number of nitrogens with two attached hydrogens (primary N) is 1. The van der Waals surface area contributed by atoms with E-state index in [1.807, 2.05) is 18.2 Å². The van der Waals surface area contributed by atoms with Crippen LogP contribution in [0.2, 0.25) is 0 Å². The van der Waals surface area contributed by atoms with Crippen LogP contribution >= 0.6 is 0 Å². The topological polar surface area (TPSA) is 125 Å². The second-order valence-corrected chi connectivity index (χ2v) is 7.44. The van der Waals surface area contributed by atoms with Crippen molar-refractivity contribution in [2.45, 2.75) is 25.1 Å². The summed E-state index contributed by atoms with van der Waals surface area (Å²) in [5.41, 5.74) is 6.79. The van der Waals surface area contributed by atoms with E-state index in [0.717, 1.165) is 60.7 Å². The predicted octanol–water partition coefficient (Wildman–Crippen LogP) is 2.14. The number of fused-ring (bicyclic) bond motifs is 1. The lowest BCUT2D eigenvalue weighted by Crippen LogP contribution is -2.38. The molecular weight excluding hydrogens is 429 g/mol. The van der Waals surface area contributed by atoms with E-state index in [1.165, 1.54) is 12.5 Å². The monoisotopic (exact) mass is 452 g/mol. The van der Waals surface area contributed by atoms with Gasteiger partial charge in [-0.15, -0.1) is 10.2 Å². The number of halogens is 3. The molecule has 4 N–H and O–H groups in total. The Hall–Kier alpha value is -3.41. The van der Waals surface area contributed by atoms with Crippen LogP contribution < -0.4 is 20.9 Å². The van der Waals surface area contributed by atoms with Gasteiger partial charge < -0.3 is 26.0 Å². The lowest BCUT2D eigenvalue weighted by atomic mass is 10.1. The van der Waals surface area contributed by atoms with Crippen LogP contribution in [0.5, 0.6) is 0 Å². The minimum Gasteiger partial charge on any atom is -0.475 e. The molecule has 1 aromatic heterocycles. The molecule has 0 spiro atoms. The van der Waals surface area contributed by atoms with Gasteiger partial charge in [0.2, 0.25) is 5.91 Å². The molecule has 172 valence electrons. The van der Waals surface area contributed by atoms with E-state index in [9.17, 15) is 18.0 Å². The highest BCUT2D eigenvalue weighted by Gasteiger charge is 2.38. The molecule has 1 amide bonds. The number of carboxylic acid groups (broad SMARTS) is 1. The maximum absolute atomic E-state index is 11.6. The van der Waals surface area contributed by atoms with Gasteiger partial charge in [0.15, 0.2) is 11.6 Å². The minimum absolute atomic E-state index is 0.179. The van der Waals surface area contributed by atoms with E-state index in [0.29, 0.717) is 0 Å². The van der Waals surface area contributed by atoms with E-state index < -0.39 is 12.1 Å². The average Bonchev–Trinajstić information content (AvgIpc) is 3.12. The standard InChI is InChI=1S/C18H22N6O.C2HF3O2/c1-2-16(25)20-13-4-5-14-15(10-13)18(23-7-3-8-23)22-21-17(14)24-9-6-12(19)11-24;3-2(4,5)1(6)7/h2,4-5,10,12H,1,3,6-9,11,19H2,(H,20,25);(H,6,7)/t12-;/m1./s1. The fraction of sp³-hybridized carbons (Fsp3) is 0.400. The summed E-state index contributed by atoms with van der Waals surface area (Å²) in [6.45, 7) is 7.16. The first-order valence-electron chi connectivity index (χ1n) is 9.89. The third-order valence-electron chi connectivity index (χ3n) is 5.12. The van der Waals surface area contributed by atoms with Crippen LogP contribution in [-0.2, 0) is 9.59 Å². The zero-order valence-corrected chi connectivity index (χ0v) is 17.1. The molecule has 0 saturated carbocycles. The maximum Gasteiger partial charge on any atom is 0.490 e. The minimum atomic E-state index is -5.08. The van der Waals surface area contributed by atoms with Gasteiger partial charge in [-0.05, 0) is 37.1 Å². The molecule has 0 radical (unpaired) electrons. The summed E-state index contributed by atoms with van der Waals surface area (Å²) in [7, 11) is 0. The molecule has 1 atom stereocenters. The molecule has 0 bridgehead atoms. The molecule has 2 fully saturated rings. The average molecular weight is 452 g/mol. The van der Waals surface area contributed by atoms with Crippen LogP contribution in [0.25, 0.3) is 10.8 Å². The number of carboxylic acids is 1. The van der Waals surface area contributed by atoms with Gasteiger partial charge in [-0.25, -0.2) is 4.79 Å². The van der Waals surface area contributed by atoms with Gasteiger partial charge >= 0.3 is 12.1 Å². The van der Waals surface area contributed by atoms with Gasteiger partial charge in [-0.2, -0.15) is 13.2 Å². The van der Waals surface area contributed by atoms with Gasteiger partial charge in [0.25, 0.3) is 0 Å². The number of rotatable bonds is 4. The maximum atomic E-state index is 11.6. The quantitative estimate of drug-likeness (QED) is 0.603. The molecule has 4 rings (SSSR count). The van der Waals surface area contributed by atoms with Gasteiger partial charge in [0.1, 0.15) is 0 Å². The van der Waals surface area contributed by atoms with Gasteiger partial charge in [0, 0.05) is 48.7 Å². The Bertz CT molecular complexity index is 1030. The van der Waals surface area contributed by atoms with E-state index in [-0.39, 0.29) is 11.9 Å². The molecule has 9 nitrogen and oxygen atoms in total. The van der Waals surface area contributed by atoms with Crippen LogP contribution in [0, 0.1) is 0 Å². The smallest absolute Gasteiger partial charge is 0.475 e. The van der Waals surface area contributed by atoms with Crippen molar-refractivity contribution in [2.75, 3.05) is 41.3 Å². The summed E-state index contributed by atoms with van der Waals surface area (Å²) in [4.78, 5) is 24.9. The van der Waals surface area contributed by atoms with Gasteiger partial charge in [-0.3, -0.25) is 4.79 Å². The van der Waals surface area contributed by atoms with Gasteiger partial charge in [-0.1, -0.05) is 6.58 Å². The Morgan fingerprint density at radius 3 is 2.25 bits per heavy atom. The number of benzene rings is 1. The van der Waals surface area contributed by atoms with Crippen molar-refractivity contribution in [3.05, 3.63) is 30.9 Å². The summed E-state index contributed by atoms with van der Waals surface area (Å²) in [6.07, 6.45) is -1.69. The highest BCUT2D eigenvalue weighted by atomic mass is 19.4. The van der Waals surface area contributed by atoms with Crippen molar-refractivity contribution in [2.24, 2.45) is 5.73 Å². The van der Waals surface area contributed by atoms with Crippen molar-refractivity contribution in [3.63, 3.8) is 0 Å². The first-order chi connectivity index (χ1) is 15.1. The number of nitrogens with zero attached hydrogens (tertiary/aromatic N) is 4. The molecule has 0 unspecified atom stereocenters. The Morgan fingerprint density at radius 2 is 1.78 bits per heavy atom. The normalized spacial score (nSPS) is 17.9. The van der Waals surface area contributed by atoms with Crippen molar-refractivity contribution in [1.82, 2.24) is 10.2 Å². The number of carbonyl (C=O) groups is 2. The molecule has 12 heteroatoms. The number of carbonyl (C=O) groups excluding carboxylic acids is 1. The third kappa shape index (κ3) is 5.25. The fourth-order valence-electron chi connectivity index (χ4n) is 3.37. The number of hydrogen-bond donors (Lipinski definition) is 3. The van der Waals surface area contributed by atoms with Crippen molar-refractivity contribution < 1.29 is 27.9 Å². The SMILES string of the molecule is C=CC(=O)Nc1ccc2c(N3CC[C@@H](N)C3)nnc(N3CCC3)c2c1.O=C(O)C(F)(F)F. The van der Waals surface area contributed by atoms with Crippen LogP contribution in [-0.4, -0.2) is 65.6 Å². The molecule has 2 aromatic rings. The molecule has 2 aliphatic rings. The second-order valence-electron chi connectivity index (χ2n) is 7.44. The first kappa shape index (κ1) is 23.3. The highest BCUT2D eigenvalue weighted by molar-refractivity contribution is 6.04. The number of amides is 1. The molecule has 32 heavy (non-hydrogen) atoms. The number of alkyl halides is 3. The lowest BCUT2D eigenvalue weighted by Gasteiger charge is -2.33. The van der Waals surface area contributed by atoms with Crippen LogP contribution in [0.15, 0.2) is 30.9 Å². The van der Waals surface area contributed by atoms with Crippen LogP contribution in [0.1, 0.15) is 12.8 Å². The number of anilines is 3. The molecule has 2 aliphatic heterocycles. The molecule has 0 aliphatic carbocycles. The Labute approximate surface area is 181 Å². The van der Waals surface area contributed by atoms with Crippen LogP contribution in [0.3, 0.4) is 0 Å². The fourth-order valence-corrected chi connectivity index (χ4v) is 3.37. The zero-order chi connectivity index (χ0) is 23.5. The number of aromatic nitrogens is 2. The molecule has 1 aromatic carbocycles. The van der Waals surface area contributed by atoms with Crippen molar-refractivity contribution >= 4 is 40.0 Å². The lowest BCUT2D eigenvalue weighted by molar-refractivity contribution is -0.192. The number of aliphatic carboxylic acids is 1. The van der Waals surface area contributed by atoms with E-state index in [4.69, 9.17) is 15.6 Å². The Kier molecular flexibility index (Phi) is 6.82. The summed E-state index contributed by atoms with van der Waals surface area (Å²) in [5.74, 6) is -1.23. The molecule has 3 heterocycles. The second kappa shape index (κ2) is 9.39. The number of hydrogen-bond acceptors (Lipinski definition) is 7. The first-order valence-corrected chi connectivity index (χ1v) is 9.89. The largest absolute Gasteiger partial charge is 0.490 e. The van der Waals surface area contributed by atoms with E-state index >= 15 is 0 Å². The Morgan fingerprint density at radius 1 is 1.16 bits per heavy atom. The van der Waals surface area contributed by atoms with E-state index in [2.05, 4.69) is 31.9 Å². The Balaban J connectivity index is 0.000000360. The zero-order valence-electron chi connectivity index (χ0n) is 17.1. The van der Waals surface area contributed by atoms with E-state index in [1.54, 1.807) is 0 Å².